The zero-order valence-corrected chi connectivity index (χ0v) is 111. The van der Waals surface area contributed by atoms with E-state index >= 15 is 0 Å². The predicted octanol–water partition coefficient (Wildman–Crippen LogP) is 50.6. The fraction of sp³-hybridized carbons (Fsp3) is 0.718. The maximum Gasteiger partial charge on any atom is -0.0151 e. The molecule has 13 unspecified atom stereocenters. The lowest BCUT2D eigenvalue weighted by Crippen LogP contribution is -2.57. The molecule has 9 aliphatic carbocycles. The molecule has 866 valence electrons. The van der Waals surface area contributed by atoms with Crippen molar-refractivity contribution in [3.8, 4) is 0 Å². The van der Waals surface area contributed by atoms with Crippen LogP contribution in [0.1, 0.15) is 646 Å². The molecule has 0 heteroatoms. The molecule has 0 radical (unpaired) electrons. The van der Waals surface area contributed by atoms with Crippen LogP contribution in [0.5, 0.6) is 0 Å². The highest BCUT2D eigenvalue weighted by molar-refractivity contribution is 5.45. The normalized spacial score (nSPS) is 26.1. The molecule has 0 aromatic heterocycles. The van der Waals surface area contributed by atoms with Crippen molar-refractivity contribution in [3.63, 3.8) is 0 Å². The topological polar surface area (TPSA) is 0 Å². The van der Waals surface area contributed by atoms with Crippen molar-refractivity contribution < 1.29 is 0 Å². The Hall–Kier alpha value is -5.46. The summed E-state index contributed by atoms with van der Waals surface area (Å²) in [6.07, 6.45) is 40.2. The molecule has 0 bridgehead atoms. The minimum Gasteiger partial charge on any atom is -0.0776 e. The van der Waals surface area contributed by atoms with Gasteiger partial charge in [-0.15, -0.1) is 0 Å². The molecule has 149 heavy (non-hydrogen) atoms. The molecule has 9 saturated carbocycles. The minimum atomic E-state index is 0. The molecule has 0 aliphatic heterocycles. The highest BCUT2D eigenvalue weighted by Gasteiger charge is 2.64. The fourth-order valence-corrected chi connectivity index (χ4v) is 31.1. The predicted molar refractivity (Wildman–Crippen MR) is 696 cm³/mol. The van der Waals surface area contributed by atoms with E-state index in [9.17, 15) is 0 Å². The second-order valence-electron chi connectivity index (χ2n) is 38.9. The zero-order chi connectivity index (χ0) is 115. The standard InChI is InChI=1S/C42H56.2C34H48.19C2H6.CH4/c1-7-30-16-11-13-20-39(30)34-22-28(5)42-29(6)23-36(41-32(9-3)18-15-19-33(41)10-4)27-38(42)26-35(25-37(42)24-34)40-21-14-12-17-31(40)8-2;2*1-6-25-14-9-10-18-32(25)28-20-30-17-11-13-23(4)34(30)24(5)19-29(22-31(34)21-28)33-26(7-2)15-12-16-27(33)8-3;19*1-2;/h11-21,28-29,34-38H,7-10,22-27H2,1-6H3;2*9-10,12,14-16,18,23-24,28-31H,6-8,11,13,17,19-22H2,1-5H3;19*1-2H3;1H4/t28?,29-,34?,35?,36+,37?,38+,42?;2*23?,24-,28?,29+,30?,31+,34?;;;;;;;;;;;;;;;;;;;;/m000..................../s1. The zero-order valence-electron chi connectivity index (χ0n) is 111. The van der Waals surface area contributed by atoms with Gasteiger partial charge in [-0.1, -0.05) is 559 Å². The number of benzene rings is 7. The second-order valence-corrected chi connectivity index (χ2v) is 38.9. The molecule has 22 atom stereocenters. The van der Waals surface area contributed by atoms with E-state index in [-0.39, 0.29) is 7.43 Å². The molecule has 0 saturated heterocycles. The SMILES string of the molecule is C.CC.CC.CC.CC.CC.CC.CC.CC.CC.CC.CC.CC.CC.CC.CC.CC.CC.CC.CC.CCc1ccccc1C1CC(C)C23C(C1)CC(c1ccccc1CC)C[C@@H]2C[C@H](c1c(CC)cccc1CC)C[C@@H]3C.CCc1ccccc1C1CC2CCCC(C)C23[C@H](C1)C[C@H](c1c(CC)cccc1CC)C[C@@H]3C.CCc1ccccc1C1CC2CCCC(C)C23[C@H](C1)C[C@H](c1c(CC)cccc1CC)C[C@@H]3C. The Bertz CT molecular complexity index is 3940. The Kier molecular flexibility index (Phi) is 97.3. The first-order chi connectivity index (χ1) is 72.5. The summed E-state index contributed by atoms with van der Waals surface area (Å²) in [5, 5.41) is 0. The number of hydrogen-bond acceptors (Lipinski definition) is 0. The van der Waals surface area contributed by atoms with Gasteiger partial charge in [0.05, 0.1) is 0 Å². The van der Waals surface area contributed by atoms with Gasteiger partial charge in [-0.3, -0.25) is 0 Å². The summed E-state index contributed by atoms with van der Waals surface area (Å²) in [7, 11) is 0. The third kappa shape index (κ3) is 39.0. The molecule has 0 nitrogen and oxygen atoms in total. The Balaban J connectivity index is -0.000000349. The third-order valence-corrected chi connectivity index (χ3v) is 34.9. The number of hydrogen-bond donors (Lipinski definition) is 0. The highest BCUT2D eigenvalue weighted by atomic mass is 14.7. The van der Waals surface area contributed by atoms with Gasteiger partial charge in [0.15, 0.2) is 0 Å². The van der Waals surface area contributed by atoms with E-state index < -0.39 is 0 Å². The lowest BCUT2D eigenvalue weighted by molar-refractivity contribution is -0.139. The van der Waals surface area contributed by atoms with Gasteiger partial charge in [0.2, 0.25) is 0 Å². The Morgan fingerprint density at radius 3 is 0.483 bits per heavy atom. The van der Waals surface area contributed by atoms with Crippen LogP contribution in [0.15, 0.2) is 152 Å². The van der Waals surface area contributed by atoms with Gasteiger partial charge in [-0.2, -0.15) is 0 Å². The third-order valence-electron chi connectivity index (χ3n) is 34.9. The van der Waals surface area contributed by atoms with Gasteiger partial charge >= 0.3 is 0 Å². The van der Waals surface area contributed by atoms with Crippen molar-refractivity contribution in [1.29, 1.82) is 0 Å². The van der Waals surface area contributed by atoms with E-state index in [2.05, 4.69) is 262 Å². The lowest BCUT2D eigenvalue weighted by Gasteiger charge is -2.65. The van der Waals surface area contributed by atoms with Crippen LogP contribution in [0, 0.1) is 87.3 Å². The molecule has 9 aliphatic rings. The van der Waals surface area contributed by atoms with Crippen LogP contribution in [0.4, 0.5) is 0 Å². The van der Waals surface area contributed by atoms with E-state index in [1.807, 2.05) is 263 Å². The van der Waals surface area contributed by atoms with Gasteiger partial charge in [-0.05, 0) is 390 Å². The van der Waals surface area contributed by atoms with Crippen LogP contribution < -0.4 is 0 Å². The maximum atomic E-state index is 2.70. The van der Waals surface area contributed by atoms with Crippen molar-refractivity contribution in [2.45, 2.75) is 615 Å². The van der Waals surface area contributed by atoms with Crippen LogP contribution in [0.25, 0.3) is 0 Å². The van der Waals surface area contributed by atoms with Gasteiger partial charge in [-0.25, -0.2) is 0 Å². The monoisotopic (exact) mass is 2060 g/mol. The molecule has 16 rings (SSSR count). The molecule has 9 fully saturated rings. The minimum absolute atomic E-state index is 0. The Morgan fingerprint density at radius 1 is 0.161 bits per heavy atom. The first-order valence-electron chi connectivity index (χ1n) is 66.2. The second kappa shape index (κ2) is 92.7. The fourth-order valence-electron chi connectivity index (χ4n) is 31.1. The van der Waals surface area contributed by atoms with Crippen LogP contribution in [-0.2, 0) is 64.2 Å². The highest BCUT2D eigenvalue weighted by Crippen LogP contribution is 2.73. The van der Waals surface area contributed by atoms with Crippen molar-refractivity contribution >= 4 is 0 Å². The van der Waals surface area contributed by atoms with Gasteiger partial charge < -0.3 is 0 Å². The largest absolute Gasteiger partial charge is 0.0776 e. The van der Waals surface area contributed by atoms with Gasteiger partial charge in [0.1, 0.15) is 0 Å². The molecular weight excluding hydrogens is 1790 g/mol. The number of rotatable bonds is 17. The van der Waals surface area contributed by atoms with E-state index in [1.165, 1.54) is 167 Å². The average Bonchev–Trinajstić information content (AvgIpc) is 0.693. The molecular formula is C149H270. The molecule has 0 N–H and O–H groups in total. The van der Waals surface area contributed by atoms with E-state index in [1.54, 1.807) is 94.6 Å². The van der Waals surface area contributed by atoms with E-state index in [0.717, 1.165) is 120 Å². The summed E-state index contributed by atoms with van der Waals surface area (Å²) in [6, 6.07) is 59.3. The molecule has 3 spiro atoms. The van der Waals surface area contributed by atoms with E-state index in [0.29, 0.717) is 34.0 Å². The van der Waals surface area contributed by atoms with Crippen LogP contribution >= 0.6 is 0 Å². The first kappa shape index (κ1) is 156. The lowest BCUT2D eigenvalue weighted by atomic mass is 9.39. The summed E-state index contributed by atoms with van der Waals surface area (Å²) in [6.45, 7) is 116. The van der Waals surface area contributed by atoms with Crippen molar-refractivity contribution in [2.75, 3.05) is 0 Å². The van der Waals surface area contributed by atoms with Crippen molar-refractivity contribution in [2.24, 2.45) is 87.3 Å². The smallest absolute Gasteiger partial charge is 0.0151 e. The summed E-state index contributed by atoms with van der Waals surface area (Å²) >= 11 is 0. The average molecular weight is 2060 g/mol. The maximum absolute atomic E-state index is 2.70. The Morgan fingerprint density at radius 2 is 0.302 bits per heavy atom. The molecule has 7 aromatic carbocycles. The Labute approximate surface area is 942 Å². The van der Waals surface area contributed by atoms with Crippen molar-refractivity contribution in [3.05, 3.63) is 246 Å². The molecule has 0 heterocycles. The quantitative estimate of drug-likeness (QED) is 0.0852. The summed E-state index contributed by atoms with van der Waals surface area (Å²) in [4.78, 5) is 0. The first-order valence-corrected chi connectivity index (χ1v) is 66.2. The van der Waals surface area contributed by atoms with E-state index in [4.69, 9.17) is 0 Å². The van der Waals surface area contributed by atoms with Crippen LogP contribution in [-0.4, -0.2) is 0 Å². The summed E-state index contributed by atoms with van der Waals surface area (Å²) < 4.78 is 0. The van der Waals surface area contributed by atoms with Crippen molar-refractivity contribution in [1.82, 2.24) is 0 Å². The summed E-state index contributed by atoms with van der Waals surface area (Å²) in [5.74, 6) is 15.4. The summed E-state index contributed by atoms with van der Waals surface area (Å²) in [5.41, 5.74) is 29.8. The van der Waals surface area contributed by atoms with Crippen LogP contribution in [0.3, 0.4) is 0 Å². The van der Waals surface area contributed by atoms with Gasteiger partial charge in [0.25, 0.3) is 0 Å². The van der Waals surface area contributed by atoms with Gasteiger partial charge in [0, 0.05) is 0 Å². The molecule has 7 aromatic rings. The number of aryl methyl sites for hydroxylation is 10. The molecule has 0 amide bonds. The van der Waals surface area contributed by atoms with Crippen LogP contribution in [0.2, 0.25) is 0 Å².